The Morgan fingerprint density at radius 1 is 1.10 bits per heavy atom. The van der Waals surface area contributed by atoms with E-state index in [1.165, 1.54) is 24.0 Å². The standard InChI is InChI=1S/C26H34N2O2S/c1-19-9-8-11-22(15-19)17-31-18-25(29)28(16-23-12-5-4-10-20(23)2)21(3)26(30)27-24-13-6-7-14-24/h4-5,8-12,15,21,24H,6-7,13-14,16-18H2,1-3H3,(H,27,30). The molecule has 5 heteroatoms. The Balaban J connectivity index is 1.66. The Morgan fingerprint density at radius 2 is 1.84 bits per heavy atom. The van der Waals surface area contributed by atoms with E-state index in [-0.39, 0.29) is 17.9 Å². The van der Waals surface area contributed by atoms with E-state index in [1.54, 1.807) is 16.7 Å². The van der Waals surface area contributed by atoms with E-state index in [0.717, 1.165) is 29.7 Å². The van der Waals surface area contributed by atoms with Crippen LogP contribution in [-0.2, 0) is 21.9 Å². The largest absolute Gasteiger partial charge is 0.352 e. The fraction of sp³-hybridized carbons (Fsp3) is 0.462. The van der Waals surface area contributed by atoms with Gasteiger partial charge in [-0.25, -0.2) is 0 Å². The van der Waals surface area contributed by atoms with Crippen molar-refractivity contribution in [1.29, 1.82) is 0 Å². The molecule has 166 valence electrons. The lowest BCUT2D eigenvalue weighted by Crippen LogP contribution is -2.50. The summed E-state index contributed by atoms with van der Waals surface area (Å²) in [6, 6.07) is 16.2. The first kappa shape index (κ1) is 23.4. The number of nitrogens with one attached hydrogen (secondary N) is 1. The van der Waals surface area contributed by atoms with E-state index < -0.39 is 6.04 Å². The minimum absolute atomic E-state index is 0.00924. The minimum atomic E-state index is -0.493. The van der Waals surface area contributed by atoms with Crippen molar-refractivity contribution in [3.8, 4) is 0 Å². The zero-order valence-electron chi connectivity index (χ0n) is 18.9. The first-order chi connectivity index (χ1) is 14.9. The van der Waals surface area contributed by atoms with Crippen molar-refractivity contribution in [1.82, 2.24) is 10.2 Å². The van der Waals surface area contributed by atoms with Crippen LogP contribution in [0.4, 0.5) is 0 Å². The molecule has 0 bridgehead atoms. The third kappa shape index (κ3) is 6.86. The smallest absolute Gasteiger partial charge is 0.242 e. The predicted molar refractivity (Wildman–Crippen MR) is 129 cm³/mol. The van der Waals surface area contributed by atoms with Gasteiger partial charge < -0.3 is 10.2 Å². The lowest BCUT2D eigenvalue weighted by Gasteiger charge is -2.30. The molecule has 3 rings (SSSR count). The van der Waals surface area contributed by atoms with Crippen LogP contribution in [0.3, 0.4) is 0 Å². The van der Waals surface area contributed by atoms with Crippen LogP contribution in [0.15, 0.2) is 48.5 Å². The molecule has 1 unspecified atom stereocenters. The fourth-order valence-corrected chi connectivity index (χ4v) is 4.94. The summed E-state index contributed by atoms with van der Waals surface area (Å²) in [6.45, 7) is 6.43. The summed E-state index contributed by atoms with van der Waals surface area (Å²) in [5.74, 6) is 1.11. The highest BCUT2D eigenvalue weighted by Gasteiger charge is 2.28. The Bertz CT molecular complexity index is 892. The molecule has 1 aliphatic rings. The quantitative estimate of drug-likeness (QED) is 0.598. The van der Waals surface area contributed by atoms with Crippen molar-refractivity contribution in [2.24, 2.45) is 0 Å². The third-order valence-electron chi connectivity index (χ3n) is 6.05. The van der Waals surface area contributed by atoms with Gasteiger partial charge in [-0.1, -0.05) is 66.9 Å². The summed E-state index contributed by atoms with van der Waals surface area (Å²) in [5, 5.41) is 3.16. The number of amides is 2. The molecule has 1 saturated carbocycles. The summed E-state index contributed by atoms with van der Waals surface area (Å²) < 4.78 is 0. The van der Waals surface area contributed by atoms with Crippen LogP contribution in [0, 0.1) is 13.8 Å². The first-order valence-corrected chi connectivity index (χ1v) is 12.4. The molecule has 1 fully saturated rings. The third-order valence-corrected chi connectivity index (χ3v) is 7.04. The van der Waals surface area contributed by atoms with Gasteiger partial charge in [0.15, 0.2) is 0 Å². The van der Waals surface area contributed by atoms with Crippen molar-refractivity contribution in [3.05, 3.63) is 70.8 Å². The number of hydrogen-bond acceptors (Lipinski definition) is 3. The van der Waals surface area contributed by atoms with Gasteiger partial charge in [0.05, 0.1) is 5.75 Å². The molecule has 0 aromatic heterocycles. The second-order valence-electron chi connectivity index (χ2n) is 8.60. The van der Waals surface area contributed by atoms with Crippen LogP contribution in [0.2, 0.25) is 0 Å². The summed E-state index contributed by atoms with van der Waals surface area (Å²) in [4.78, 5) is 27.9. The van der Waals surface area contributed by atoms with Gasteiger partial charge >= 0.3 is 0 Å². The van der Waals surface area contributed by atoms with Crippen LogP contribution in [0.25, 0.3) is 0 Å². The summed E-state index contributed by atoms with van der Waals surface area (Å²) >= 11 is 1.61. The van der Waals surface area contributed by atoms with Gasteiger partial charge in [0.25, 0.3) is 0 Å². The summed E-state index contributed by atoms with van der Waals surface area (Å²) in [6.07, 6.45) is 4.41. The van der Waals surface area contributed by atoms with Crippen LogP contribution >= 0.6 is 11.8 Å². The lowest BCUT2D eigenvalue weighted by atomic mass is 10.1. The molecule has 1 atom stereocenters. The molecular weight excluding hydrogens is 404 g/mol. The molecular formula is C26H34N2O2S. The average molecular weight is 439 g/mol. The Kier molecular flexibility index (Phi) is 8.59. The van der Waals surface area contributed by atoms with Crippen LogP contribution in [0.5, 0.6) is 0 Å². The Hall–Kier alpha value is -2.27. The second kappa shape index (κ2) is 11.4. The molecule has 1 aliphatic carbocycles. The van der Waals surface area contributed by atoms with E-state index in [0.29, 0.717) is 12.3 Å². The molecule has 2 amide bonds. The van der Waals surface area contributed by atoms with Gasteiger partial charge in [-0.2, -0.15) is 0 Å². The van der Waals surface area contributed by atoms with E-state index in [2.05, 4.69) is 30.4 Å². The number of thioether (sulfide) groups is 1. The minimum Gasteiger partial charge on any atom is -0.352 e. The average Bonchev–Trinajstić information content (AvgIpc) is 3.25. The molecule has 31 heavy (non-hydrogen) atoms. The molecule has 0 saturated heterocycles. The maximum atomic E-state index is 13.2. The zero-order valence-corrected chi connectivity index (χ0v) is 19.7. The van der Waals surface area contributed by atoms with Crippen molar-refractivity contribution in [2.75, 3.05) is 5.75 Å². The van der Waals surface area contributed by atoms with Crippen molar-refractivity contribution in [2.45, 2.75) is 70.8 Å². The molecule has 0 aliphatic heterocycles. The summed E-state index contributed by atoms with van der Waals surface area (Å²) in [5.41, 5.74) is 4.66. The molecule has 0 spiro atoms. The monoisotopic (exact) mass is 438 g/mol. The lowest BCUT2D eigenvalue weighted by molar-refractivity contribution is -0.139. The molecule has 1 N–H and O–H groups in total. The van der Waals surface area contributed by atoms with Gasteiger partial charge in [-0.05, 0) is 50.3 Å². The van der Waals surface area contributed by atoms with Crippen molar-refractivity contribution >= 4 is 23.6 Å². The van der Waals surface area contributed by atoms with E-state index in [1.807, 2.05) is 44.2 Å². The van der Waals surface area contributed by atoms with Crippen LogP contribution < -0.4 is 5.32 Å². The zero-order chi connectivity index (χ0) is 22.2. The highest BCUT2D eigenvalue weighted by molar-refractivity contribution is 7.99. The van der Waals surface area contributed by atoms with E-state index in [9.17, 15) is 9.59 Å². The van der Waals surface area contributed by atoms with E-state index in [4.69, 9.17) is 0 Å². The number of benzene rings is 2. The highest BCUT2D eigenvalue weighted by atomic mass is 32.2. The van der Waals surface area contributed by atoms with Crippen molar-refractivity contribution < 1.29 is 9.59 Å². The normalized spacial score (nSPS) is 14.9. The summed E-state index contributed by atoms with van der Waals surface area (Å²) in [7, 11) is 0. The number of nitrogens with zero attached hydrogens (tertiary/aromatic N) is 1. The fourth-order valence-electron chi connectivity index (χ4n) is 4.09. The molecule has 0 radical (unpaired) electrons. The van der Waals surface area contributed by atoms with Gasteiger partial charge in [-0.15, -0.1) is 11.8 Å². The number of hydrogen-bond donors (Lipinski definition) is 1. The van der Waals surface area contributed by atoms with Crippen LogP contribution in [0.1, 0.15) is 54.9 Å². The van der Waals surface area contributed by atoms with E-state index >= 15 is 0 Å². The topological polar surface area (TPSA) is 49.4 Å². The maximum absolute atomic E-state index is 13.2. The molecule has 2 aromatic carbocycles. The Labute approximate surface area is 190 Å². The predicted octanol–water partition coefficient (Wildman–Crippen LogP) is 5.01. The number of carbonyl (C=O) groups excluding carboxylic acids is 2. The van der Waals surface area contributed by atoms with Gasteiger partial charge in [-0.3, -0.25) is 9.59 Å². The van der Waals surface area contributed by atoms with Crippen molar-refractivity contribution in [3.63, 3.8) is 0 Å². The first-order valence-electron chi connectivity index (χ1n) is 11.2. The maximum Gasteiger partial charge on any atom is 0.242 e. The number of carbonyl (C=O) groups is 2. The molecule has 4 nitrogen and oxygen atoms in total. The second-order valence-corrected chi connectivity index (χ2v) is 9.58. The SMILES string of the molecule is Cc1cccc(CSCC(=O)N(Cc2ccccc2C)C(C)C(=O)NC2CCCC2)c1. The number of rotatable bonds is 9. The molecule has 0 heterocycles. The Morgan fingerprint density at radius 3 is 2.55 bits per heavy atom. The number of aryl methyl sites for hydroxylation is 2. The van der Waals surface area contributed by atoms with Gasteiger partial charge in [0.2, 0.25) is 11.8 Å². The van der Waals surface area contributed by atoms with Crippen LogP contribution in [-0.4, -0.2) is 34.6 Å². The molecule has 2 aromatic rings. The van der Waals surface area contributed by atoms with Gasteiger partial charge in [0, 0.05) is 18.3 Å². The highest BCUT2D eigenvalue weighted by Crippen LogP contribution is 2.20. The van der Waals surface area contributed by atoms with Gasteiger partial charge in [0.1, 0.15) is 6.04 Å².